The van der Waals surface area contributed by atoms with Crippen LogP contribution in [0.3, 0.4) is 0 Å². The molecule has 0 aliphatic rings. The molecule has 1 aromatic rings. The molecule has 13 heavy (non-hydrogen) atoms. The van der Waals surface area contributed by atoms with Crippen molar-refractivity contribution >= 4 is 0 Å². The number of methoxy groups -OCH3 is 1. The SMILES string of the molecule is COc1cc(C)c(C(C)N)cc1O. The third-order valence-electron chi connectivity index (χ3n) is 2.06. The average Bonchev–Trinajstić information content (AvgIpc) is 2.07. The van der Waals surface area contributed by atoms with Gasteiger partial charge in [-0.05, 0) is 37.1 Å². The van der Waals surface area contributed by atoms with Gasteiger partial charge in [0.2, 0.25) is 0 Å². The van der Waals surface area contributed by atoms with Crippen molar-refractivity contribution in [2.75, 3.05) is 7.11 Å². The van der Waals surface area contributed by atoms with Gasteiger partial charge in [0.1, 0.15) is 0 Å². The first-order valence-corrected chi connectivity index (χ1v) is 4.19. The summed E-state index contributed by atoms with van der Waals surface area (Å²) in [6, 6.07) is 3.36. The number of phenols is 1. The van der Waals surface area contributed by atoms with Crippen LogP contribution in [-0.2, 0) is 0 Å². The first-order valence-electron chi connectivity index (χ1n) is 4.19. The van der Waals surface area contributed by atoms with Gasteiger partial charge in [-0.1, -0.05) is 0 Å². The van der Waals surface area contributed by atoms with Crippen molar-refractivity contribution in [1.29, 1.82) is 0 Å². The Morgan fingerprint density at radius 2 is 2.08 bits per heavy atom. The second-order valence-corrected chi connectivity index (χ2v) is 3.17. The molecule has 0 aliphatic heterocycles. The topological polar surface area (TPSA) is 55.5 Å². The van der Waals surface area contributed by atoms with E-state index in [-0.39, 0.29) is 11.8 Å². The van der Waals surface area contributed by atoms with Crippen LogP contribution in [0.4, 0.5) is 0 Å². The molecule has 0 heterocycles. The van der Waals surface area contributed by atoms with Crippen LogP contribution in [0.15, 0.2) is 12.1 Å². The molecule has 0 spiro atoms. The van der Waals surface area contributed by atoms with Gasteiger partial charge in [-0.15, -0.1) is 0 Å². The van der Waals surface area contributed by atoms with Crippen molar-refractivity contribution in [3.63, 3.8) is 0 Å². The second-order valence-electron chi connectivity index (χ2n) is 3.17. The van der Waals surface area contributed by atoms with Crippen LogP contribution < -0.4 is 10.5 Å². The molecule has 0 radical (unpaired) electrons. The van der Waals surface area contributed by atoms with Crippen LogP contribution in [0.5, 0.6) is 11.5 Å². The van der Waals surface area contributed by atoms with Crippen LogP contribution in [0.1, 0.15) is 24.1 Å². The van der Waals surface area contributed by atoms with E-state index < -0.39 is 0 Å². The third-order valence-corrected chi connectivity index (χ3v) is 2.06. The van der Waals surface area contributed by atoms with Gasteiger partial charge in [-0.25, -0.2) is 0 Å². The van der Waals surface area contributed by atoms with Gasteiger partial charge in [0.15, 0.2) is 11.5 Å². The zero-order valence-electron chi connectivity index (χ0n) is 8.16. The molecule has 0 amide bonds. The largest absolute Gasteiger partial charge is 0.504 e. The number of hydrogen-bond donors (Lipinski definition) is 2. The van der Waals surface area contributed by atoms with Crippen molar-refractivity contribution in [1.82, 2.24) is 0 Å². The summed E-state index contributed by atoms with van der Waals surface area (Å²) in [6.07, 6.45) is 0. The van der Waals surface area contributed by atoms with Gasteiger partial charge in [0.25, 0.3) is 0 Å². The molecule has 0 aromatic heterocycles. The molecule has 3 heteroatoms. The molecule has 1 rings (SSSR count). The highest BCUT2D eigenvalue weighted by molar-refractivity contribution is 5.46. The summed E-state index contributed by atoms with van der Waals surface area (Å²) in [5, 5.41) is 9.48. The van der Waals surface area contributed by atoms with Gasteiger partial charge >= 0.3 is 0 Å². The summed E-state index contributed by atoms with van der Waals surface area (Å²) in [6.45, 7) is 3.83. The van der Waals surface area contributed by atoms with E-state index in [1.54, 1.807) is 12.1 Å². The van der Waals surface area contributed by atoms with E-state index in [0.29, 0.717) is 5.75 Å². The Kier molecular flexibility index (Phi) is 2.78. The maximum atomic E-state index is 9.48. The highest BCUT2D eigenvalue weighted by atomic mass is 16.5. The lowest BCUT2D eigenvalue weighted by Crippen LogP contribution is -2.06. The lowest BCUT2D eigenvalue weighted by molar-refractivity contribution is 0.372. The lowest BCUT2D eigenvalue weighted by Gasteiger charge is -2.12. The summed E-state index contributed by atoms with van der Waals surface area (Å²) in [7, 11) is 1.53. The molecule has 0 fully saturated rings. The van der Waals surface area contributed by atoms with Crippen molar-refractivity contribution < 1.29 is 9.84 Å². The first-order chi connectivity index (χ1) is 6.06. The number of aryl methyl sites for hydroxylation is 1. The van der Waals surface area contributed by atoms with Gasteiger partial charge in [-0.2, -0.15) is 0 Å². The van der Waals surface area contributed by atoms with Crippen LogP contribution >= 0.6 is 0 Å². The summed E-state index contributed by atoms with van der Waals surface area (Å²) in [5.74, 6) is 0.627. The molecule has 3 N–H and O–H groups in total. The summed E-state index contributed by atoms with van der Waals surface area (Å²) < 4.78 is 4.97. The molecule has 72 valence electrons. The number of aromatic hydroxyl groups is 1. The van der Waals surface area contributed by atoms with Crippen LogP contribution in [0, 0.1) is 6.92 Å². The van der Waals surface area contributed by atoms with E-state index in [0.717, 1.165) is 11.1 Å². The highest BCUT2D eigenvalue weighted by Gasteiger charge is 2.09. The number of rotatable bonds is 2. The Morgan fingerprint density at radius 1 is 1.46 bits per heavy atom. The molecule has 0 aliphatic carbocycles. The maximum absolute atomic E-state index is 9.48. The van der Waals surface area contributed by atoms with Crippen LogP contribution in [0.25, 0.3) is 0 Å². The van der Waals surface area contributed by atoms with E-state index in [1.165, 1.54) is 7.11 Å². The van der Waals surface area contributed by atoms with Crippen molar-refractivity contribution in [2.45, 2.75) is 19.9 Å². The van der Waals surface area contributed by atoms with Gasteiger partial charge in [0.05, 0.1) is 7.11 Å². The fourth-order valence-electron chi connectivity index (χ4n) is 1.34. The Bertz CT molecular complexity index is 308. The molecule has 1 atom stereocenters. The fraction of sp³-hybridized carbons (Fsp3) is 0.400. The monoisotopic (exact) mass is 181 g/mol. The zero-order chi connectivity index (χ0) is 10.0. The maximum Gasteiger partial charge on any atom is 0.160 e. The minimum absolute atomic E-state index is 0.0724. The van der Waals surface area contributed by atoms with Crippen molar-refractivity contribution in [2.24, 2.45) is 5.73 Å². The predicted molar refractivity (Wildman–Crippen MR) is 52.0 cm³/mol. The molecule has 3 nitrogen and oxygen atoms in total. The number of nitrogens with two attached hydrogens (primary N) is 1. The lowest BCUT2D eigenvalue weighted by atomic mass is 10.0. The van der Waals surface area contributed by atoms with E-state index in [1.807, 2.05) is 13.8 Å². The van der Waals surface area contributed by atoms with E-state index in [2.05, 4.69) is 0 Å². The van der Waals surface area contributed by atoms with E-state index >= 15 is 0 Å². The second kappa shape index (κ2) is 3.66. The molecule has 0 saturated heterocycles. The minimum Gasteiger partial charge on any atom is -0.504 e. The van der Waals surface area contributed by atoms with Gasteiger partial charge in [-0.3, -0.25) is 0 Å². The Labute approximate surface area is 78.1 Å². The van der Waals surface area contributed by atoms with Crippen molar-refractivity contribution in [3.05, 3.63) is 23.3 Å². The molecule has 0 bridgehead atoms. The molecule has 0 saturated carbocycles. The van der Waals surface area contributed by atoms with Crippen LogP contribution in [0.2, 0.25) is 0 Å². The number of phenolic OH excluding ortho intramolecular Hbond substituents is 1. The summed E-state index contributed by atoms with van der Waals surface area (Å²) in [5.41, 5.74) is 7.70. The van der Waals surface area contributed by atoms with Crippen LogP contribution in [-0.4, -0.2) is 12.2 Å². The van der Waals surface area contributed by atoms with Gasteiger partial charge < -0.3 is 15.6 Å². The smallest absolute Gasteiger partial charge is 0.160 e. The Morgan fingerprint density at radius 3 is 2.54 bits per heavy atom. The van der Waals surface area contributed by atoms with E-state index in [9.17, 15) is 5.11 Å². The normalized spacial score (nSPS) is 12.6. The first kappa shape index (κ1) is 9.86. The average molecular weight is 181 g/mol. The zero-order valence-corrected chi connectivity index (χ0v) is 8.16. The van der Waals surface area contributed by atoms with Gasteiger partial charge in [0, 0.05) is 6.04 Å². The third kappa shape index (κ3) is 1.92. The number of hydrogen-bond acceptors (Lipinski definition) is 3. The number of ether oxygens (including phenoxy) is 1. The minimum atomic E-state index is -0.0724. The summed E-state index contributed by atoms with van der Waals surface area (Å²) in [4.78, 5) is 0. The van der Waals surface area contributed by atoms with E-state index in [4.69, 9.17) is 10.5 Å². The molecular weight excluding hydrogens is 166 g/mol. The molecule has 1 aromatic carbocycles. The Balaban J connectivity index is 3.20. The predicted octanol–water partition coefficient (Wildman–Crippen LogP) is 1.73. The Hall–Kier alpha value is -1.22. The quantitative estimate of drug-likeness (QED) is 0.730. The number of benzene rings is 1. The fourth-order valence-corrected chi connectivity index (χ4v) is 1.34. The standard InChI is InChI=1S/C10H15NO2/c1-6-4-10(13-3)9(12)5-8(6)7(2)11/h4-5,7,12H,11H2,1-3H3. The molecular formula is C10H15NO2. The summed E-state index contributed by atoms with van der Waals surface area (Å²) >= 11 is 0. The van der Waals surface area contributed by atoms with Crippen molar-refractivity contribution in [3.8, 4) is 11.5 Å². The highest BCUT2D eigenvalue weighted by Crippen LogP contribution is 2.31. The molecule has 1 unspecified atom stereocenters.